The Kier molecular flexibility index (Phi) is 3.09. The van der Waals surface area contributed by atoms with Crippen molar-refractivity contribution in [3.8, 4) is 0 Å². The van der Waals surface area contributed by atoms with Crippen molar-refractivity contribution >= 4 is 5.78 Å². The number of carbonyl (C=O) groups is 1. The summed E-state index contributed by atoms with van der Waals surface area (Å²) in [4.78, 5) is 14.1. The van der Waals surface area contributed by atoms with E-state index in [1.807, 2.05) is 13.0 Å². The number of carbonyl (C=O) groups excluding carboxylic acids is 1. The summed E-state index contributed by atoms with van der Waals surface area (Å²) < 4.78 is 5.37. The molecule has 1 atom stereocenters. The third kappa shape index (κ3) is 2.06. The van der Waals surface area contributed by atoms with Gasteiger partial charge < -0.3 is 4.42 Å². The second-order valence-electron chi connectivity index (χ2n) is 5.84. The Morgan fingerprint density at radius 1 is 1.42 bits per heavy atom. The van der Waals surface area contributed by atoms with Crippen LogP contribution < -0.4 is 0 Å². The van der Waals surface area contributed by atoms with Gasteiger partial charge in [0.2, 0.25) is 0 Å². The van der Waals surface area contributed by atoms with Crippen LogP contribution in [0.4, 0.5) is 0 Å². The van der Waals surface area contributed by atoms with Gasteiger partial charge in [-0.05, 0) is 62.9 Å². The molecule has 0 saturated carbocycles. The molecule has 19 heavy (non-hydrogen) atoms. The molecule has 2 aliphatic rings. The Bertz CT molecular complexity index is 529. The van der Waals surface area contributed by atoms with E-state index in [1.165, 1.54) is 11.1 Å². The first-order valence-corrected chi connectivity index (χ1v) is 7.10. The van der Waals surface area contributed by atoms with E-state index in [9.17, 15) is 4.79 Å². The summed E-state index contributed by atoms with van der Waals surface area (Å²) in [6.07, 6.45) is 8.51. The fourth-order valence-electron chi connectivity index (χ4n) is 3.62. The SMILES string of the molecule is Cc1occc1CC[C@@]12CCC(=O)C=C1CCN2C. The van der Waals surface area contributed by atoms with E-state index >= 15 is 0 Å². The lowest BCUT2D eigenvalue weighted by atomic mass is 9.76. The number of fused-ring (bicyclic) bond motifs is 1. The highest BCUT2D eigenvalue weighted by molar-refractivity contribution is 5.92. The van der Waals surface area contributed by atoms with Gasteiger partial charge in [0.05, 0.1) is 6.26 Å². The van der Waals surface area contributed by atoms with Gasteiger partial charge in [0.15, 0.2) is 5.78 Å². The molecule has 0 amide bonds. The van der Waals surface area contributed by atoms with Crippen LogP contribution in [0.25, 0.3) is 0 Å². The summed E-state index contributed by atoms with van der Waals surface area (Å²) in [6, 6.07) is 2.07. The molecule has 3 nitrogen and oxygen atoms in total. The molecule has 0 bridgehead atoms. The zero-order chi connectivity index (χ0) is 13.5. The Balaban J connectivity index is 1.82. The summed E-state index contributed by atoms with van der Waals surface area (Å²) in [5.74, 6) is 1.33. The number of rotatable bonds is 3. The highest BCUT2D eigenvalue weighted by Gasteiger charge is 2.44. The third-order valence-electron chi connectivity index (χ3n) is 4.94. The second-order valence-corrected chi connectivity index (χ2v) is 5.84. The van der Waals surface area contributed by atoms with E-state index in [0.29, 0.717) is 12.2 Å². The maximum Gasteiger partial charge on any atom is 0.155 e. The molecule has 3 heteroatoms. The van der Waals surface area contributed by atoms with E-state index in [4.69, 9.17) is 4.42 Å². The molecule has 1 aliphatic carbocycles. The van der Waals surface area contributed by atoms with Crippen molar-refractivity contribution in [1.29, 1.82) is 0 Å². The number of allylic oxidation sites excluding steroid dienone is 1. The van der Waals surface area contributed by atoms with Crippen molar-refractivity contribution in [2.75, 3.05) is 13.6 Å². The zero-order valence-corrected chi connectivity index (χ0v) is 11.7. The van der Waals surface area contributed by atoms with Crippen LogP contribution in [0.5, 0.6) is 0 Å². The normalized spacial score (nSPS) is 27.5. The Morgan fingerprint density at radius 2 is 2.26 bits per heavy atom. The van der Waals surface area contributed by atoms with Crippen molar-refractivity contribution in [1.82, 2.24) is 4.90 Å². The second kappa shape index (κ2) is 4.64. The van der Waals surface area contributed by atoms with Crippen LogP contribution in [0.2, 0.25) is 0 Å². The zero-order valence-electron chi connectivity index (χ0n) is 11.7. The molecule has 0 unspecified atom stereocenters. The maximum atomic E-state index is 11.6. The summed E-state index contributed by atoms with van der Waals surface area (Å²) in [5, 5.41) is 0. The van der Waals surface area contributed by atoms with Gasteiger partial charge in [-0.1, -0.05) is 0 Å². The summed E-state index contributed by atoms with van der Waals surface area (Å²) in [7, 11) is 2.19. The topological polar surface area (TPSA) is 33.5 Å². The number of hydrogen-bond acceptors (Lipinski definition) is 3. The molecule has 1 aromatic rings. The largest absolute Gasteiger partial charge is 0.469 e. The maximum absolute atomic E-state index is 11.6. The fraction of sp³-hybridized carbons (Fsp3) is 0.562. The van der Waals surface area contributed by atoms with Gasteiger partial charge in [-0.3, -0.25) is 9.69 Å². The number of hydrogen-bond donors (Lipinski definition) is 0. The molecule has 1 aromatic heterocycles. The first kappa shape index (κ1) is 12.7. The third-order valence-corrected chi connectivity index (χ3v) is 4.94. The van der Waals surface area contributed by atoms with Crippen LogP contribution in [-0.2, 0) is 11.2 Å². The molecule has 1 fully saturated rings. The van der Waals surface area contributed by atoms with Gasteiger partial charge in [-0.25, -0.2) is 0 Å². The van der Waals surface area contributed by atoms with Crippen LogP contribution in [-0.4, -0.2) is 29.8 Å². The van der Waals surface area contributed by atoms with Gasteiger partial charge >= 0.3 is 0 Å². The molecule has 3 rings (SSSR count). The van der Waals surface area contributed by atoms with Gasteiger partial charge in [0.25, 0.3) is 0 Å². The molecule has 0 aromatic carbocycles. The summed E-state index contributed by atoms with van der Waals surface area (Å²) in [5.41, 5.74) is 2.77. The predicted molar refractivity (Wildman–Crippen MR) is 74.1 cm³/mol. The molecule has 0 spiro atoms. The van der Waals surface area contributed by atoms with Crippen molar-refractivity contribution in [3.05, 3.63) is 35.3 Å². The first-order valence-electron chi connectivity index (χ1n) is 7.10. The molecule has 2 heterocycles. The minimum absolute atomic E-state index is 0.123. The Morgan fingerprint density at radius 3 is 3.00 bits per heavy atom. The van der Waals surface area contributed by atoms with Gasteiger partial charge in [0, 0.05) is 18.5 Å². The van der Waals surface area contributed by atoms with Gasteiger partial charge in [0.1, 0.15) is 5.76 Å². The predicted octanol–water partition coefficient (Wildman–Crippen LogP) is 2.88. The van der Waals surface area contributed by atoms with E-state index in [1.54, 1.807) is 6.26 Å². The average Bonchev–Trinajstić information content (AvgIpc) is 2.93. The smallest absolute Gasteiger partial charge is 0.155 e. The van der Waals surface area contributed by atoms with Gasteiger partial charge in [-0.2, -0.15) is 0 Å². The monoisotopic (exact) mass is 259 g/mol. The highest BCUT2D eigenvalue weighted by atomic mass is 16.3. The molecule has 0 radical (unpaired) electrons. The van der Waals surface area contributed by atoms with Crippen LogP contribution >= 0.6 is 0 Å². The Labute approximate surface area is 114 Å². The number of likely N-dealkylation sites (tertiary alicyclic amines) is 1. The van der Waals surface area contributed by atoms with Crippen molar-refractivity contribution in [2.24, 2.45) is 0 Å². The molecular weight excluding hydrogens is 238 g/mol. The Hall–Kier alpha value is -1.35. The molecule has 1 saturated heterocycles. The van der Waals surface area contributed by atoms with Crippen LogP contribution in [0.1, 0.15) is 37.0 Å². The van der Waals surface area contributed by atoms with E-state index in [2.05, 4.69) is 18.0 Å². The number of furan rings is 1. The van der Waals surface area contributed by atoms with E-state index < -0.39 is 0 Å². The number of ketones is 1. The number of aryl methyl sites for hydroxylation is 2. The molecular formula is C16H21NO2. The number of likely N-dealkylation sites (N-methyl/N-ethyl adjacent to an activating group) is 1. The quantitative estimate of drug-likeness (QED) is 0.837. The van der Waals surface area contributed by atoms with Crippen LogP contribution in [0, 0.1) is 6.92 Å². The van der Waals surface area contributed by atoms with E-state index in [0.717, 1.165) is 38.0 Å². The van der Waals surface area contributed by atoms with Crippen molar-refractivity contribution in [2.45, 2.75) is 44.6 Å². The minimum Gasteiger partial charge on any atom is -0.469 e. The standard InChI is InChI=1S/C16H21NO2/c1-12-13(6-10-19-12)3-7-16-8-4-15(18)11-14(16)5-9-17(16)2/h6,10-11H,3-5,7-9H2,1-2H3/t16-/m1/s1. The first-order chi connectivity index (χ1) is 9.12. The lowest BCUT2D eigenvalue weighted by Gasteiger charge is -2.39. The molecule has 1 aliphatic heterocycles. The average molecular weight is 259 g/mol. The highest BCUT2D eigenvalue weighted by Crippen LogP contribution is 2.43. The van der Waals surface area contributed by atoms with Crippen molar-refractivity contribution < 1.29 is 9.21 Å². The van der Waals surface area contributed by atoms with Crippen LogP contribution in [0.3, 0.4) is 0 Å². The van der Waals surface area contributed by atoms with E-state index in [-0.39, 0.29) is 5.54 Å². The van der Waals surface area contributed by atoms with Gasteiger partial charge in [-0.15, -0.1) is 0 Å². The molecule has 102 valence electrons. The number of nitrogens with zero attached hydrogens (tertiary/aromatic N) is 1. The van der Waals surface area contributed by atoms with Crippen LogP contribution in [0.15, 0.2) is 28.4 Å². The molecule has 0 N–H and O–H groups in total. The summed E-state index contributed by atoms with van der Waals surface area (Å²) in [6.45, 7) is 3.09. The lowest BCUT2D eigenvalue weighted by Crippen LogP contribution is -2.45. The van der Waals surface area contributed by atoms with Crippen molar-refractivity contribution in [3.63, 3.8) is 0 Å². The fourth-order valence-corrected chi connectivity index (χ4v) is 3.62. The minimum atomic E-state index is 0.123. The summed E-state index contributed by atoms with van der Waals surface area (Å²) >= 11 is 0. The lowest BCUT2D eigenvalue weighted by molar-refractivity contribution is -0.115.